The van der Waals surface area contributed by atoms with E-state index in [0.29, 0.717) is 0 Å². The highest BCUT2D eigenvalue weighted by Gasteiger charge is 2.26. The molecule has 0 amide bonds. The summed E-state index contributed by atoms with van der Waals surface area (Å²) in [5.74, 6) is -0.395. The summed E-state index contributed by atoms with van der Waals surface area (Å²) < 4.78 is 0. The van der Waals surface area contributed by atoms with Gasteiger partial charge in [0.1, 0.15) is 6.54 Å². The molecule has 0 radical (unpaired) electrons. The van der Waals surface area contributed by atoms with E-state index in [1.807, 2.05) is 0 Å². The van der Waals surface area contributed by atoms with Crippen molar-refractivity contribution in [2.45, 2.75) is 20.8 Å². The standard InChI is InChI=1S/C9H13NO3/c1-9(2,3)8(12)13-10-5-4-7(11)6-10/h4-5H,6H2,1-3H3. The second kappa shape index (κ2) is 3.20. The summed E-state index contributed by atoms with van der Waals surface area (Å²) in [6, 6.07) is 0. The second-order valence-corrected chi connectivity index (χ2v) is 3.99. The Morgan fingerprint density at radius 1 is 1.54 bits per heavy atom. The number of carbonyl (C=O) groups is 2. The first kappa shape index (κ1) is 9.77. The maximum Gasteiger partial charge on any atom is 0.337 e. The van der Waals surface area contributed by atoms with Gasteiger partial charge in [0.05, 0.1) is 5.41 Å². The summed E-state index contributed by atoms with van der Waals surface area (Å²) in [6.45, 7) is 5.41. The Morgan fingerprint density at radius 3 is 2.54 bits per heavy atom. The Balaban J connectivity index is 2.47. The summed E-state index contributed by atoms with van der Waals surface area (Å²) in [4.78, 5) is 27.0. The summed E-state index contributed by atoms with van der Waals surface area (Å²) in [7, 11) is 0. The maximum absolute atomic E-state index is 11.3. The van der Waals surface area contributed by atoms with E-state index in [0.717, 1.165) is 0 Å². The molecule has 0 fully saturated rings. The molecule has 1 aliphatic heterocycles. The second-order valence-electron chi connectivity index (χ2n) is 3.99. The first-order valence-electron chi connectivity index (χ1n) is 4.09. The van der Waals surface area contributed by atoms with E-state index in [1.165, 1.54) is 17.3 Å². The van der Waals surface area contributed by atoms with Gasteiger partial charge in [-0.25, -0.2) is 9.86 Å². The van der Waals surface area contributed by atoms with Gasteiger partial charge >= 0.3 is 5.97 Å². The number of hydroxylamine groups is 2. The molecule has 1 aliphatic rings. The van der Waals surface area contributed by atoms with Gasteiger partial charge in [-0.15, -0.1) is 0 Å². The van der Waals surface area contributed by atoms with E-state index < -0.39 is 5.41 Å². The minimum atomic E-state index is -0.542. The van der Waals surface area contributed by atoms with Gasteiger partial charge in [-0.1, -0.05) is 0 Å². The lowest BCUT2D eigenvalue weighted by Gasteiger charge is -2.20. The Labute approximate surface area is 77.1 Å². The third-order valence-electron chi connectivity index (χ3n) is 1.55. The predicted molar refractivity (Wildman–Crippen MR) is 46.4 cm³/mol. The lowest BCUT2D eigenvalue weighted by atomic mass is 9.98. The Bertz CT molecular complexity index is 263. The minimum Gasteiger partial charge on any atom is -0.340 e. The van der Waals surface area contributed by atoms with Crippen LogP contribution in [0.25, 0.3) is 0 Å². The van der Waals surface area contributed by atoms with Gasteiger partial charge in [0.25, 0.3) is 0 Å². The topological polar surface area (TPSA) is 46.6 Å². The third kappa shape index (κ3) is 2.57. The highest BCUT2D eigenvalue weighted by Crippen LogP contribution is 2.17. The Hall–Kier alpha value is -1.32. The zero-order valence-electron chi connectivity index (χ0n) is 8.03. The molecule has 1 heterocycles. The van der Waals surface area contributed by atoms with E-state index in [1.54, 1.807) is 20.8 Å². The van der Waals surface area contributed by atoms with Gasteiger partial charge in [-0.3, -0.25) is 4.79 Å². The van der Waals surface area contributed by atoms with Gasteiger partial charge in [-0.2, -0.15) is 0 Å². The smallest absolute Gasteiger partial charge is 0.337 e. The van der Waals surface area contributed by atoms with E-state index in [-0.39, 0.29) is 18.3 Å². The van der Waals surface area contributed by atoms with Crippen molar-refractivity contribution >= 4 is 11.8 Å². The van der Waals surface area contributed by atoms with Crippen molar-refractivity contribution in [2.24, 2.45) is 5.41 Å². The molecular weight excluding hydrogens is 170 g/mol. The average molecular weight is 183 g/mol. The largest absolute Gasteiger partial charge is 0.340 e. The predicted octanol–water partition coefficient (Wildman–Crippen LogP) is 0.889. The van der Waals surface area contributed by atoms with E-state index in [2.05, 4.69) is 0 Å². The van der Waals surface area contributed by atoms with Crippen molar-refractivity contribution in [3.05, 3.63) is 12.3 Å². The summed E-state index contributed by atoms with van der Waals surface area (Å²) in [5.41, 5.74) is -0.542. The van der Waals surface area contributed by atoms with E-state index in [4.69, 9.17) is 4.84 Å². The molecule has 0 saturated heterocycles. The molecule has 1 rings (SSSR count). The van der Waals surface area contributed by atoms with Crippen molar-refractivity contribution < 1.29 is 14.4 Å². The van der Waals surface area contributed by atoms with Gasteiger partial charge in [-0.05, 0) is 20.8 Å². The zero-order chi connectivity index (χ0) is 10.1. The zero-order valence-corrected chi connectivity index (χ0v) is 8.03. The summed E-state index contributed by atoms with van der Waals surface area (Å²) >= 11 is 0. The minimum absolute atomic E-state index is 0.0540. The van der Waals surface area contributed by atoms with Crippen LogP contribution in [0, 0.1) is 5.41 Å². The molecule has 0 unspecified atom stereocenters. The van der Waals surface area contributed by atoms with Crippen LogP contribution in [-0.2, 0) is 14.4 Å². The van der Waals surface area contributed by atoms with Crippen LogP contribution in [0.15, 0.2) is 12.3 Å². The molecular formula is C9H13NO3. The van der Waals surface area contributed by atoms with Crippen LogP contribution in [-0.4, -0.2) is 23.4 Å². The SMILES string of the molecule is CC(C)(C)C(=O)ON1C=CC(=O)C1. The van der Waals surface area contributed by atoms with Crippen molar-refractivity contribution in [1.82, 2.24) is 5.06 Å². The Morgan fingerprint density at radius 2 is 2.15 bits per heavy atom. The maximum atomic E-state index is 11.3. The highest BCUT2D eigenvalue weighted by molar-refractivity contribution is 5.93. The van der Waals surface area contributed by atoms with Gasteiger partial charge in [0.15, 0.2) is 5.78 Å². The number of rotatable bonds is 1. The molecule has 0 aliphatic carbocycles. The van der Waals surface area contributed by atoms with Crippen molar-refractivity contribution in [2.75, 3.05) is 6.54 Å². The van der Waals surface area contributed by atoms with Crippen LogP contribution in [0.3, 0.4) is 0 Å². The molecule has 0 saturated carbocycles. The fourth-order valence-electron chi connectivity index (χ4n) is 0.731. The lowest BCUT2D eigenvalue weighted by Crippen LogP contribution is -2.30. The average Bonchev–Trinajstić information content (AvgIpc) is 2.33. The van der Waals surface area contributed by atoms with Crippen molar-refractivity contribution in [3.63, 3.8) is 0 Å². The van der Waals surface area contributed by atoms with E-state index in [9.17, 15) is 9.59 Å². The summed E-state index contributed by atoms with van der Waals surface area (Å²) in [6.07, 6.45) is 2.85. The molecule has 0 spiro atoms. The molecule has 4 nitrogen and oxygen atoms in total. The normalized spacial score (nSPS) is 16.5. The van der Waals surface area contributed by atoms with Gasteiger partial charge in [0, 0.05) is 12.3 Å². The molecule has 0 aromatic carbocycles. The first-order chi connectivity index (χ1) is 5.89. The molecule has 72 valence electrons. The quantitative estimate of drug-likeness (QED) is 0.605. The van der Waals surface area contributed by atoms with Crippen molar-refractivity contribution in [1.29, 1.82) is 0 Å². The molecule has 0 aromatic rings. The first-order valence-corrected chi connectivity index (χ1v) is 4.09. The van der Waals surface area contributed by atoms with Crippen LogP contribution in [0.2, 0.25) is 0 Å². The van der Waals surface area contributed by atoms with Crippen LogP contribution >= 0.6 is 0 Å². The summed E-state index contributed by atoms with van der Waals surface area (Å²) in [5, 5.41) is 1.25. The van der Waals surface area contributed by atoms with Crippen LogP contribution in [0.1, 0.15) is 20.8 Å². The lowest BCUT2D eigenvalue weighted by molar-refractivity contribution is -0.186. The molecule has 0 aromatic heterocycles. The fourth-order valence-corrected chi connectivity index (χ4v) is 0.731. The van der Waals surface area contributed by atoms with Gasteiger partial charge < -0.3 is 4.84 Å². The number of hydrogen-bond acceptors (Lipinski definition) is 4. The van der Waals surface area contributed by atoms with Gasteiger partial charge in [0.2, 0.25) is 0 Å². The van der Waals surface area contributed by atoms with E-state index >= 15 is 0 Å². The molecule has 4 heteroatoms. The Kier molecular flexibility index (Phi) is 2.40. The van der Waals surface area contributed by atoms with Crippen LogP contribution < -0.4 is 0 Å². The van der Waals surface area contributed by atoms with Crippen LogP contribution in [0.4, 0.5) is 0 Å². The molecule has 13 heavy (non-hydrogen) atoms. The van der Waals surface area contributed by atoms with Crippen LogP contribution in [0.5, 0.6) is 0 Å². The number of carbonyl (C=O) groups excluding carboxylic acids is 2. The monoisotopic (exact) mass is 183 g/mol. The molecule has 0 bridgehead atoms. The number of ketones is 1. The molecule has 0 N–H and O–H groups in total. The third-order valence-corrected chi connectivity index (χ3v) is 1.55. The fraction of sp³-hybridized carbons (Fsp3) is 0.556. The molecule has 0 atom stereocenters. The highest BCUT2D eigenvalue weighted by atomic mass is 16.7. The number of hydrogen-bond donors (Lipinski definition) is 0. The number of nitrogens with zero attached hydrogens (tertiary/aromatic N) is 1. The van der Waals surface area contributed by atoms with Crippen molar-refractivity contribution in [3.8, 4) is 0 Å².